The molecule has 2 N–H and O–H groups in total. The third kappa shape index (κ3) is 4.88. The highest BCUT2D eigenvalue weighted by atomic mass is 16.5. The summed E-state index contributed by atoms with van der Waals surface area (Å²) in [6.07, 6.45) is 5.60. The zero-order chi connectivity index (χ0) is 18.5. The number of hydrogen-bond acceptors (Lipinski definition) is 5. The summed E-state index contributed by atoms with van der Waals surface area (Å²) in [6, 6.07) is 4.22. The van der Waals surface area contributed by atoms with Crippen molar-refractivity contribution >= 4 is 5.96 Å². The van der Waals surface area contributed by atoms with Gasteiger partial charge in [0, 0.05) is 44.5 Å². The van der Waals surface area contributed by atoms with Crippen molar-refractivity contribution in [2.24, 2.45) is 10.9 Å². The number of furan rings is 1. The van der Waals surface area contributed by atoms with E-state index < -0.39 is 0 Å². The molecule has 0 radical (unpaired) electrons. The van der Waals surface area contributed by atoms with Gasteiger partial charge in [0.15, 0.2) is 5.96 Å². The van der Waals surface area contributed by atoms with Crippen molar-refractivity contribution in [1.82, 2.24) is 25.4 Å². The molecule has 1 saturated heterocycles. The van der Waals surface area contributed by atoms with Crippen LogP contribution in [0.15, 0.2) is 27.8 Å². The number of guanidine groups is 1. The van der Waals surface area contributed by atoms with Crippen LogP contribution in [0, 0.1) is 12.8 Å². The Balaban J connectivity index is 1.35. The minimum Gasteiger partial charge on any atom is -0.469 e. The summed E-state index contributed by atoms with van der Waals surface area (Å²) in [6.45, 7) is 6.00. The van der Waals surface area contributed by atoms with Gasteiger partial charge in [-0.05, 0) is 31.9 Å². The first-order chi connectivity index (χ1) is 13.3. The quantitative estimate of drug-likeness (QED) is 0.587. The Kier molecular flexibility index (Phi) is 5.72. The summed E-state index contributed by atoms with van der Waals surface area (Å²) in [7, 11) is 0. The lowest BCUT2D eigenvalue weighted by Crippen LogP contribution is -2.47. The van der Waals surface area contributed by atoms with Gasteiger partial charge in [0.2, 0.25) is 0 Å². The maximum Gasteiger partial charge on any atom is 0.191 e. The van der Waals surface area contributed by atoms with Gasteiger partial charge in [0.05, 0.1) is 19.4 Å². The number of nitrogens with one attached hydrogen (secondary N) is 2. The van der Waals surface area contributed by atoms with Gasteiger partial charge in [-0.2, -0.15) is 5.10 Å². The van der Waals surface area contributed by atoms with Crippen LogP contribution in [0.3, 0.4) is 0 Å². The van der Waals surface area contributed by atoms with Crippen LogP contribution in [0.2, 0.25) is 0 Å². The van der Waals surface area contributed by atoms with Gasteiger partial charge in [-0.25, -0.2) is 9.67 Å². The van der Waals surface area contributed by atoms with Crippen molar-refractivity contribution in [2.75, 3.05) is 26.3 Å². The van der Waals surface area contributed by atoms with Gasteiger partial charge in [0.25, 0.3) is 0 Å². The lowest BCUT2D eigenvalue weighted by atomic mass is 10.1. The van der Waals surface area contributed by atoms with Crippen molar-refractivity contribution in [2.45, 2.75) is 45.2 Å². The van der Waals surface area contributed by atoms with Gasteiger partial charge in [-0.1, -0.05) is 0 Å². The van der Waals surface area contributed by atoms with Gasteiger partial charge in [-0.3, -0.25) is 4.99 Å². The lowest BCUT2D eigenvalue weighted by Gasteiger charge is -2.25. The predicted octanol–water partition coefficient (Wildman–Crippen LogP) is 1.31. The number of aliphatic imine (C=N–C) groups is 1. The third-order valence-electron chi connectivity index (χ3n) is 5.08. The molecule has 2 aliphatic rings. The van der Waals surface area contributed by atoms with Crippen molar-refractivity contribution in [1.29, 1.82) is 0 Å². The van der Waals surface area contributed by atoms with Crippen LogP contribution in [0.4, 0.5) is 0 Å². The van der Waals surface area contributed by atoms with E-state index in [1.165, 1.54) is 0 Å². The summed E-state index contributed by atoms with van der Waals surface area (Å²) in [5.74, 6) is 4.28. The molecule has 1 fully saturated rings. The van der Waals surface area contributed by atoms with E-state index in [4.69, 9.17) is 14.1 Å². The molecule has 8 heteroatoms. The Morgan fingerprint density at radius 3 is 3.19 bits per heavy atom. The Hall–Kier alpha value is -2.35. The molecule has 27 heavy (non-hydrogen) atoms. The summed E-state index contributed by atoms with van der Waals surface area (Å²) in [5.41, 5.74) is 0. The second-order valence-corrected chi connectivity index (χ2v) is 7.31. The summed E-state index contributed by atoms with van der Waals surface area (Å²) in [5, 5.41) is 11.5. The summed E-state index contributed by atoms with van der Waals surface area (Å²) < 4.78 is 12.9. The highest BCUT2D eigenvalue weighted by Gasteiger charge is 2.22. The molecule has 0 amide bonds. The Labute approximate surface area is 159 Å². The fourth-order valence-corrected chi connectivity index (χ4v) is 3.60. The Morgan fingerprint density at radius 2 is 2.37 bits per heavy atom. The van der Waals surface area contributed by atoms with Gasteiger partial charge < -0.3 is 19.8 Å². The largest absolute Gasteiger partial charge is 0.469 e. The molecule has 0 saturated carbocycles. The van der Waals surface area contributed by atoms with Crippen LogP contribution in [0.1, 0.15) is 30.3 Å². The molecule has 0 bridgehead atoms. The average molecular weight is 372 g/mol. The second kappa shape index (κ2) is 8.56. The number of hydrogen-bond donors (Lipinski definition) is 2. The molecule has 0 aromatic carbocycles. The van der Waals surface area contributed by atoms with E-state index in [-0.39, 0.29) is 0 Å². The topological polar surface area (TPSA) is 89.5 Å². The fraction of sp³-hybridized carbons (Fsp3) is 0.632. The minimum absolute atomic E-state index is 0.299. The molecule has 2 aliphatic heterocycles. The molecule has 2 unspecified atom stereocenters. The van der Waals surface area contributed by atoms with Gasteiger partial charge in [0.1, 0.15) is 17.4 Å². The second-order valence-electron chi connectivity index (χ2n) is 7.31. The minimum atomic E-state index is 0.299. The van der Waals surface area contributed by atoms with E-state index >= 15 is 0 Å². The first kappa shape index (κ1) is 18.0. The molecule has 0 spiro atoms. The van der Waals surface area contributed by atoms with Gasteiger partial charge in [-0.15, -0.1) is 0 Å². The molecule has 4 rings (SSSR count). The molecule has 4 heterocycles. The number of fused-ring (bicyclic) bond motifs is 1. The van der Waals surface area contributed by atoms with Crippen LogP contribution in [-0.4, -0.2) is 53.1 Å². The van der Waals surface area contributed by atoms with E-state index in [0.717, 1.165) is 81.9 Å². The molecular formula is C19H28N6O2. The van der Waals surface area contributed by atoms with Crippen molar-refractivity contribution < 1.29 is 9.15 Å². The highest BCUT2D eigenvalue weighted by Crippen LogP contribution is 2.14. The van der Waals surface area contributed by atoms with E-state index in [1.807, 2.05) is 23.7 Å². The maximum atomic E-state index is 5.47. The molecular weight excluding hydrogens is 344 g/mol. The number of aryl methyl sites for hydroxylation is 2. The third-order valence-corrected chi connectivity index (χ3v) is 5.08. The monoisotopic (exact) mass is 372 g/mol. The van der Waals surface area contributed by atoms with E-state index in [2.05, 4.69) is 20.7 Å². The predicted molar refractivity (Wildman–Crippen MR) is 102 cm³/mol. The molecule has 8 nitrogen and oxygen atoms in total. The summed E-state index contributed by atoms with van der Waals surface area (Å²) in [4.78, 5) is 9.30. The van der Waals surface area contributed by atoms with Gasteiger partial charge >= 0.3 is 0 Å². The average Bonchev–Trinajstić information content (AvgIpc) is 3.40. The smallest absolute Gasteiger partial charge is 0.191 e. The lowest BCUT2D eigenvalue weighted by molar-refractivity contribution is 0.187. The van der Waals surface area contributed by atoms with Crippen LogP contribution >= 0.6 is 0 Å². The SMILES string of the molecule is Cc1nc2n(n1)CC(NC(=NCC1CCOC1)NCCc1ccco1)CC2. The fourth-order valence-electron chi connectivity index (χ4n) is 3.60. The first-order valence-electron chi connectivity index (χ1n) is 9.81. The normalized spacial score (nSPS) is 22.6. The standard InChI is InChI=1S/C19H28N6O2/c1-14-22-18-5-4-16(12-25(18)24-14)23-19(21-11-15-7-10-26-13-15)20-8-6-17-3-2-9-27-17/h2-3,9,15-16H,4-8,10-13H2,1H3,(H2,20,21,23). The first-order valence-corrected chi connectivity index (χ1v) is 9.81. The van der Waals surface area contributed by atoms with Crippen molar-refractivity contribution in [3.8, 4) is 0 Å². The van der Waals surface area contributed by atoms with Crippen LogP contribution in [-0.2, 0) is 24.1 Å². The summed E-state index contributed by atoms with van der Waals surface area (Å²) >= 11 is 0. The van der Waals surface area contributed by atoms with E-state index in [9.17, 15) is 0 Å². The van der Waals surface area contributed by atoms with E-state index in [1.54, 1.807) is 6.26 Å². The molecule has 0 aliphatic carbocycles. The number of rotatable bonds is 6. The number of aromatic nitrogens is 3. The molecule has 2 aromatic rings. The van der Waals surface area contributed by atoms with Crippen LogP contribution in [0.25, 0.3) is 0 Å². The number of ether oxygens (including phenoxy) is 1. The molecule has 146 valence electrons. The molecule has 2 aromatic heterocycles. The number of nitrogens with zero attached hydrogens (tertiary/aromatic N) is 4. The van der Waals surface area contributed by atoms with E-state index in [0.29, 0.717) is 12.0 Å². The molecule has 2 atom stereocenters. The van der Waals surface area contributed by atoms with Crippen LogP contribution in [0.5, 0.6) is 0 Å². The zero-order valence-electron chi connectivity index (χ0n) is 15.9. The highest BCUT2D eigenvalue weighted by molar-refractivity contribution is 5.80. The van der Waals surface area contributed by atoms with Crippen molar-refractivity contribution in [3.05, 3.63) is 35.8 Å². The Morgan fingerprint density at radius 1 is 1.41 bits per heavy atom. The Bertz CT molecular complexity index is 748. The maximum absolute atomic E-state index is 5.47. The van der Waals surface area contributed by atoms with Crippen molar-refractivity contribution in [3.63, 3.8) is 0 Å². The van der Waals surface area contributed by atoms with Crippen LogP contribution < -0.4 is 10.6 Å². The zero-order valence-corrected chi connectivity index (χ0v) is 15.9.